The van der Waals surface area contributed by atoms with Crippen LogP contribution in [-0.4, -0.2) is 43.8 Å². The quantitative estimate of drug-likeness (QED) is 0.768. The van der Waals surface area contributed by atoms with Crippen LogP contribution in [0.15, 0.2) is 59.5 Å². The number of carbonyl (C=O) groups is 1. The zero-order valence-corrected chi connectivity index (χ0v) is 17.3. The average molecular weight is 402 g/mol. The molecule has 1 aliphatic rings. The van der Waals surface area contributed by atoms with Gasteiger partial charge in [-0.05, 0) is 55.5 Å². The number of sulfonamides is 1. The molecule has 1 atom stereocenters. The van der Waals surface area contributed by atoms with Gasteiger partial charge in [-0.1, -0.05) is 30.3 Å². The number of hydrogen-bond donors (Lipinski definition) is 1. The highest BCUT2D eigenvalue weighted by Gasteiger charge is 2.32. The summed E-state index contributed by atoms with van der Waals surface area (Å²) >= 11 is 0. The molecule has 3 rings (SSSR count). The van der Waals surface area contributed by atoms with E-state index in [9.17, 15) is 13.2 Å². The first-order valence-corrected chi connectivity index (χ1v) is 10.9. The maximum Gasteiger partial charge on any atom is 0.321 e. The van der Waals surface area contributed by atoms with Crippen molar-refractivity contribution in [2.75, 3.05) is 19.4 Å². The van der Waals surface area contributed by atoms with E-state index in [2.05, 4.69) is 12.2 Å². The number of rotatable bonds is 7. The Morgan fingerprint density at radius 2 is 1.68 bits per heavy atom. The lowest BCUT2D eigenvalue weighted by Gasteiger charge is -2.25. The van der Waals surface area contributed by atoms with Crippen LogP contribution in [0.2, 0.25) is 0 Å². The van der Waals surface area contributed by atoms with Gasteiger partial charge in [0.05, 0.1) is 4.90 Å². The predicted octanol–water partition coefficient (Wildman–Crippen LogP) is 3.77. The molecule has 0 radical (unpaired) electrons. The van der Waals surface area contributed by atoms with E-state index >= 15 is 0 Å². The molecule has 28 heavy (non-hydrogen) atoms. The number of nitrogens with zero attached hydrogens (tertiary/aromatic N) is 2. The third-order valence-corrected chi connectivity index (χ3v) is 7.11. The minimum atomic E-state index is -3.60. The molecule has 2 amide bonds. The summed E-state index contributed by atoms with van der Waals surface area (Å²) in [5.74, 6) is 0.587. The summed E-state index contributed by atoms with van der Waals surface area (Å²) in [5, 5.41) is 2.83. The van der Waals surface area contributed by atoms with Crippen molar-refractivity contribution in [1.29, 1.82) is 0 Å². The minimum Gasteiger partial charge on any atom is -0.325 e. The van der Waals surface area contributed by atoms with Gasteiger partial charge in [-0.2, -0.15) is 4.31 Å². The fraction of sp³-hybridized carbons (Fsp3) is 0.381. The van der Waals surface area contributed by atoms with E-state index in [1.807, 2.05) is 30.3 Å². The molecule has 0 spiro atoms. The van der Waals surface area contributed by atoms with E-state index in [1.165, 1.54) is 29.3 Å². The second-order valence-electron chi connectivity index (χ2n) is 7.39. The van der Waals surface area contributed by atoms with Gasteiger partial charge >= 0.3 is 6.03 Å². The van der Waals surface area contributed by atoms with Crippen LogP contribution in [0.25, 0.3) is 0 Å². The predicted molar refractivity (Wildman–Crippen MR) is 111 cm³/mol. The summed E-state index contributed by atoms with van der Waals surface area (Å²) < 4.78 is 26.9. The summed E-state index contributed by atoms with van der Waals surface area (Å²) in [5.41, 5.74) is 1.50. The number of benzene rings is 2. The van der Waals surface area contributed by atoms with Gasteiger partial charge in [0.15, 0.2) is 0 Å². The molecule has 2 aromatic carbocycles. The van der Waals surface area contributed by atoms with Gasteiger partial charge in [-0.15, -0.1) is 0 Å². The van der Waals surface area contributed by atoms with Crippen molar-refractivity contribution in [3.63, 3.8) is 0 Å². The molecule has 0 bridgehead atoms. The lowest BCUT2D eigenvalue weighted by Crippen LogP contribution is -2.39. The highest BCUT2D eigenvalue weighted by molar-refractivity contribution is 7.89. The van der Waals surface area contributed by atoms with E-state index in [4.69, 9.17) is 0 Å². The second kappa shape index (κ2) is 8.32. The summed E-state index contributed by atoms with van der Waals surface area (Å²) in [7, 11) is -0.256. The van der Waals surface area contributed by atoms with E-state index in [0.29, 0.717) is 18.2 Å². The Balaban J connectivity index is 1.64. The topological polar surface area (TPSA) is 69.7 Å². The number of hydrogen-bond acceptors (Lipinski definition) is 3. The van der Waals surface area contributed by atoms with Crippen molar-refractivity contribution in [1.82, 2.24) is 9.21 Å². The first-order chi connectivity index (χ1) is 13.3. The molecular formula is C21H27N3O3S. The average Bonchev–Trinajstić information content (AvgIpc) is 3.53. The fourth-order valence-corrected chi connectivity index (χ4v) is 4.27. The molecule has 1 fully saturated rings. The molecule has 1 saturated carbocycles. The van der Waals surface area contributed by atoms with E-state index in [0.717, 1.165) is 5.56 Å². The van der Waals surface area contributed by atoms with Gasteiger partial charge in [0.2, 0.25) is 10.0 Å². The largest absolute Gasteiger partial charge is 0.325 e. The van der Waals surface area contributed by atoms with Crippen LogP contribution in [0, 0.1) is 5.92 Å². The Bertz CT molecular complexity index is 910. The van der Waals surface area contributed by atoms with Crippen molar-refractivity contribution in [3.05, 3.63) is 60.2 Å². The molecule has 2 aromatic rings. The third kappa shape index (κ3) is 4.72. The molecule has 0 aromatic heterocycles. The van der Waals surface area contributed by atoms with Crippen LogP contribution in [0.4, 0.5) is 10.5 Å². The normalized spacial score (nSPS) is 15.3. The molecule has 7 heteroatoms. The number of nitrogens with one attached hydrogen (secondary N) is 1. The van der Waals surface area contributed by atoms with E-state index in [1.54, 1.807) is 31.1 Å². The SMILES string of the molecule is C[C@H](C1CC1)N(C)C(=O)Nc1ccc(S(=O)(=O)N(C)Cc2ccccc2)cc1. The molecule has 0 unspecified atom stereocenters. The molecule has 150 valence electrons. The summed E-state index contributed by atoms with van der Waals surface area (Å²) in [6, 6.07) is 15.8. The van der Waals surface area contributed by atoms with E-state index < -0.39 is 10.0 Å². The lowest BCUT2D eigenvalue weighted by atomic mass is 10.2. The summed E-state index contributed by atoms with van der Waals surface area (Å²) in [4.78, 5) is 14.3. The Kier molecular flexibility index (Phi) is 6.05. The molecule has 0 heterocycles. The smallest absolute Gasteiger partial charge is 0.321 e. The summed E-state index contributed by atoms with van der Waals surface area (Å²) in [6.07, 6.45) is 2.34. The number of carbonyl (C=O) groups excluding carboxylic acids is 1. The minimum absolute atomic E-state index is 0.184. The first kappa shape index (κ1) is 20.4. The van der Waals surface area contributed by atoms with Gasteiger partial charge in [0, 0.05) is 32.4 Å². The zero-order valence-electron chi connectivity index (χ0n) is 16.5. The van der Waals surface area contributed by atoms with Crippen LogP contribution >= 0.6 is 0 Å². The highest BCUT2D eigenvalue weighted by atomic mass is 32.2. The fourth-order valence-electron chi connectivity index (χ4n) is 3.11. The van der Waals surface area contributed by atoms with Crippen LogP contribution in [0.1, 0.15) is 25.3 Å². The van der Waals surface area contributed by atoms with Gasteiger partial charge in [-0.25, -0.2) is 13.2 Å². The zero-order chi connectivity index (χ0) is 20.3. The van der Waals surface area contributed by atoms with Crippen molar-refractivity contribution < 1.29 is 13.2 Å². The van der Waals surface area contributed by atoms with E-state index in [-0.39, 0.29) is 17.0 Å². The Morgan fingerprint density at radius 1 is 1.07 bits per heavy atom. The number of urea groups is 1. The molecule has 6 nitrogen and oxygen atoms in total. The molecule has 1 N–H and O–H groups in total. The standard InChI is InChI=1S/C21H27N3O3S/c1-16(18-9-10-18)24(3)21(25)22-19-11-13-20(14-12-19)28(26,27)23(2)15-17-7-5-4-6-8-17/h4-8,11-14,16,18H,9-10,15H2,1-3H3,(H,22,25)/t16-/m1/s1. The maximum atomic E-state index is 12.8. The van der Waals surface area contributed by atoms with Gasteiger partial charge in [0.1, 0.15) is 0 Å². The molecule has 1 aliphatic carbocycles. The maximum absolute atomic E-state index is 12.8. The summed E-state index contributed by atoms with van der Waals surface area (Å²) in [6.45, 7) is 2.35. The van der Waals surface area contributed by atoms with Crippen LogP contribution < -0.4 is 5.32 Å². The monoisotopic (exact) mass is 401 g/mol. The molecular weight excluding hydrogens is 374 g/mol. The molecule has 0 aliphatic heterocycles. The Labute approximate surface area is 167 Å². The van der Waals surface area contributed by atoms with Crippen molar-refractivity contribution in [2.45, 2.75) is 37.2 Å². The van der Waals surface area contributed by atoms with Crippen LogP contribution in [-0.2, 0) is 16.6 Å². The van der Waals surface area contributed by atoms with Crippen molar-refractivity contribution >= 4 is 21.7 Å². The van der Waals surface area contributed by atoms with Gasteiger partial charge in [0.25, 0.3) is 0 Å². The van der Waals surface area contributed by atoms with Crippen LogP contribution in [0.5, 0.6) is 0 Å². The van der Waals surface area contributed by atoms with Crippen molar-refractivity contribution in [3.8, 4) is 0 Å². The van der Waals surface area contributed by atoms with Gasteiger partial charge < -0.3 is 10.2 Å². The lowest BCUT2D eigenvalue weighted by molar-refractivity contribution is 0.201. The number of amides is 2. The van der Waals surface area contributed by atoms with Gasteiger partial charge in [-0.3, -0.25) is 0 Å². The molecule has 0 saturated heterocycles. The number of anilines is 1. The second-order valence-corrected chi connectivity index (χ2v) is 9.44. The first-order valence-electron chi connectivity index (χ1n) is 9.43. The third-order valence-electron chi connectivity index (χ3n) is 5.30. The highest BCUT2D eigenvalue weighted by Crippen LogP contribution is 2.34. The van der Waals surface area contributed by atoms with Crippen LogP contribution in [0.3, 0.4) is 0 Å². The Hall–Kier alpha value is -2.38. The Morgan fingerprint density at radius 3 is 2.25 bits per heavy atom. The van der Waals surface area contributed by atoms with Crippen molar-refractivity contribution in [2.24, 2.45) is 5.92 Å².